The fourth-order valence-electron chi connectivity index (χ4n) is 1.98. The normalized spacial score (nSPS) is 10.2. The van der Waals surface area contributed by atoms with Gasteiger partial charge in [-0.1, -0.05) is 29.8 Å². The third kappa shape index (κ3) is 5.07. The van der Waals surface area contributed by atoms with Crippen LogP contribution in [0.1, 0.15) is 5.56 Å². The van der Waals surface area contributed by atoms with Gasteiger partial charge in [-0.25, -0.2) is 4.39 Å². The smallest absolute Gasteiger partial charge is 0.243 e. The Kier molecular flexibility index (Phi) is 5.71. The SMILES string of the molecule is CN(CC(=O)Nc1ccc(Cl)cc1)C(=O)Cc1ccccc1F. The van der Waals surface area contributed by atoms with E-state index in [2.05, 4.69) is 5.32 Å². The second kappa shape index (κ2) is 7.74. The van der Waals surface area contributed by atoms with Crippen molar-refractivity contribution in [1.29, 1.82) is 0 Å². The highest BCUT2D eigenvalue weighted by Crippen LogP contribution is 2.13. The summed E-state index contributed by atoms with van der Waals surface area (Å²) in [6.07, 6.45) is -0.0859. The topological polar surface area (TPSA) is 49.4 Å². The maximum Gasteiger partial charge on any atom is 0.243 e. The van der Waals surface area contributed by atoms with Gasteiger partial charge >= 0.3 is 0 Å². The molecule has 6 heteroatoms. The number of nitrogens with one attached hydrogen (secondary N) is 1. The third-order valence-electron chi connectivity index (χ3n) is 3.23. The van der Waals surface area contributed by atoms with Crippen LogP contribution in [0.2, 0.25) is 5.02 Å². The minimum Gasteiger partial charge on any atom is -0.336 e. The van der Waals surface area contributed by atoms with E-state index in [1.807, 2.05) is 0 Å². The van der Waals surface area contributed by atoms with Gasteiger partial charge in [0.2, 0.25) is 11.8 Å². The lowest BCUT2D eigenvalue weighted by atomic mass is 10.1. The van der Waals surface area contributed by atoms with Gasteiger partial charge in [-0.05, 0) is 35.9 Å². The fraction of sp³-hybridized carbons (Fsp3) is 0.176. The van der Waals surface area contributed by atoms with E-state index >= 15 is 0 Å². The Morgan fingerprint density at radius 3 is 2.43 bits per heavy atom. The van der Waals surface area contributed by atoms with Gasteiger partial charge in [0.25, 0.3) is 0 Å². The Bertz CT molecular complexity index is 704. The van der Waals surface area contributed by atoms with E-state index in [0.717, 1.165) is 0 Å². The molecule has 0 aliphatic carbocycles. The number of halogens is 2. The highest BCUT2D eigenvalue weighted by Gasteiger charge is 2.15. The number of hydrogen-bond acceptors (Lipinski definition) is 2. The van der Waals surface area contributed by atoms with Crippen LogP contribution < -0.4 is 5.32 Å². The molecule has 0 heterocycles. The summed E-state index contributed by atoms with van der Waals surface area (Å²) < 4.78 is 13.5. The molecule has 0 radical (unpaired) electrons. The average molecular weight is 335 g/mol. The van der Waals surface area contributed by atoms with E-state index in [1.165, 1.54) is 18.0 Å². The zero-order valence-corrected chi connectivity index (χ0v) is 13.3. The number of amides is 2. The first-order valence-electron chi connectivity index (χ1n) is 6.98. The van der Waals surface area contributed by atoms with Crippen LogP contribution >= 0.6 is 11.6 Å². The van der Waals surface area contributed by atoms with E-state index in [-0.39, 0.29) is 24.8 Å². The zero-order valence-electron chi connectivity index (χ0n) is 12.6. The molecule has 0 fully saturated rings. The molecule has 1 N–H and O–H groups in total. The van der Waals surface area contributed by atoms with Crippen molar-refractivity contribution in [3.63, 3.8) is 0 Å². The van der Waals surface area contributed by atoms with Crippen molar-refractivity contribution >= 4 is 29.1 Å². The molecular formula is C17H16ClFN2O2. The van der Waals surface area contributed by atoms with Gasteiger partial charge < -0.3 is 10.2 Å². The van der Waals surface area contributed by atoms with Crippen LogP contribution in [0.3, 0.4) is 0 Å². The molecule has 0 aliphatic rings. The Hall–Kier alpha value is -2.40. The van der Waals surface area contributed by atoms with Gasteiger partial charge in [0.1, 0.15) is 5.82 Å². The van der Waals surface area contributed by atoms with Crippen molar-refractivity contribution in [3.05, 3.63) is 64.9 Å². The second-order valence-corrected chi connectivity index (χ2v) is 5.51. The molecule has 0 bridgehead atoms. The molecule has 0 saturated heterocycles. The average Bonchev–Trinajstić information content (AvgIpc) is 2.51. The maximum absolute atomic E-state index is 13.5. The van der Waals surface area contributed by atoms with E-state index < -0.39 is 5.82 Å². The van der Waals surface area contributed by atoms with Gasteiger partial charge in [0, 0.05) is 17.8 Å². The van der Waals surface area contributed by atoms with Crippen molar-refractivity contribution in [2.45, 2.75) is 6.42 Å². The summed E-state index contributed by atoms with van der Waals surface area (Å²) >= 11 is 5.77. The summed E-state index contributed by atoms with van der Waals surface area (Å²) in [7, 11) is 1.50. The van der Waals surface area contributed by atoms with Gasteiger partial charge in [0.05, 0.1) is 13.0 Å². The van der Waals surface area contributed by atoms with Crippen molar-refractivity contribution in [2.24, 2.45) is 0 Å². The molecule has 2 aromatic carbocycles. The number of anilines is 1. The standard InChI is InChI=1S/C17H16ClFN2O2/c1-21(17(23)10-12-4-2-3-5-15(12)19)11-16(22)20-14-8-6-13(18)7-9-14/h2-9H,10-11H2,1H3,(H,20,22). The molecule has 0 unspecified atom stereocenters. The fourth-order valence-corrected chi connectivity index (χ4v) is 2.10. The predicted octanol–water partition coefficient (Wildman–Crippen LogP) is 3.12. The Morgan fingerprint density at radius 2 is 1.78 bits per heavy atom. The van der Waals surface area contributed by atoms with Crippen LogP contribution in [0.5, 0.6) is 0 Å². The summed E-state index contributed by atoms with van der Waals surface area (Å²) in [5.41, 5.74) is 0.900. The van der Waals surface area contributed by atoms with Crippen LogP contribution in [0.15, 0.2) is 48.5 Å². The van der Waals surface area contributed by atoms with Gasteiger partial charge in [-0.15, -0.1) is 0 Å². The molecule has 23 heavy (non-hydrogen) atoms. The molecule has 0 aromatic heterocycles. The first kappa shape index (κ1) is 17.0. The number of carbonyl (C=O) groups is 2. The molecule has 2 amide bonds. The van der Waals surface area contributed by atoms with E-state index in [4.69, 9.17) is 11.6 Å². The van der Waals surface area contributed by atoms with E-state index in [0.29, 0.717) is 16.3 Å². The van der Waals surface area contributed by atoms with Crippen LogP contribution in [-0.2, 0) is 16.0 Å². The summed E-state index contributed by atoms with van der Waals surface area (Å²) in [5, 5.41) is 3.23. The summed E-state index contributed by atoms with van der Waals surface area (Å²) in [6, 6.07) is 12.7. The van der Waals surface area contributed by atoms with E-state index in [1.54, 1.807) is 42.5 Å². The number of benzene rings is 2. The highest BCUT2D eigenvalue weighted by atomic mass is 35.5. The highest BCUT2D eigenvalue weighted by molar-refractivity contribution is 6.30. The molecule has 120 valence electrons. The van der Waals surface area contributed by atoms with Crippen LogP contribution in [-0.4, -0.2) is 30.3 Å². The monoisotopic (exact) mass is 334 g/mol. The number of hydrogen-bond donors (Lipinski definition) is 1. The summed E-state index contributed by atoms with van der Waals surface area (Å²) in [5.74, 6) is -1.10. The number of likely N-dealkylation sites (N-methyl/N-ethyl adjacent to an activating group) is 1. The molecule has 0 aliphatic heterocycles. The quantitative estimate of drug-likeness (QED) is 0.913. The van der Waals surface area contributed by atoms with Gasteiger partial charge in [-0.2, -0.15) is 0 Å². The Labute approximate surface area is 138 Å². The van der Waals surface area contributed by atoms with Crippen molar-refractivity contribution in [3.8, 4) is 0 Å². The van der Waals surface area contributed by atoms with Gasteiger partial charge in [0.15, 0.2) is 0 Å². The van der Waals surface area contributed by atoms with Crippen molar-refractivity contribution < 1.29 is 14.0 Å². The van der Waals surface area contributed by atoms with Crippen LogP contribution in [0, 0.1) is 5.82 Å². The molecule has 0 saturated carbocycles. The lowest BCUT2D eigenvalue weighted by Crippen LogP contribution is -2.35. The molecule has 4 nitrogen and oxygen atoms in total. The van der Waals surface area contributed by atoms with Crippen LogP contribution in [0.25, 0.3) is 0 Å². The largest absolute Gasteiger partial charge is 0.336 e. The van der Waals surface area contributed by atoms with Crippen molar-refractivity contribution in [2.75, 3.05) is 18.9 Å². The molecule has 0 spiro atoms. The molecule has 2 rings (SSSR count). The second-order valence-electron chi connectivity index (χ2n) is 5.07. The minimum absolute atomic E-state index is 0.0859. The Balaban J connectivity index is 1.89. The molecule has 2 aromatic rings. The number of rotatable bonds is 5. The number of nitrogens with zero attached hydrogens (tertiary/aromatic N) is 1. The van der Waals surface area contributed by atoms with Crippen molar-refractivity contribution in [1.82, 2.24) is 4.90 Å². The summed E-state index contributed by atoms with van der Waals surface area (Å²) in [4.78, 5) is 25.2. The van der Waals surface area contributed by atoms with Gasteiger partial charge in [-0.3, -0.25) is 9.59 Å². The predicted molar refractivity (Wildman–Crippen MR) is 87.8 cm³/mol. The van der Waals surface area contributed by atoms with Crippen LogP contribution in [0.4, 0.5) is 10.1 Å². The summed E-state index contributed by atoms with van der Waals surface area (Å²) in [6.45, 7) is -0.115. The molecular weight excluding hydrogens is 319 g/mol. The zero-order chi connectivity index (χ0) is 16.8. The molecule has 0 atom stereocenters. The van der Waals surface area contributed by atoms with E-state index in [9.17, 15) is 14.0 Å². The lowest BCUT2D eigenvalue weighted by molar-refractivity contribution is -0.132. The first-order valence-corrected chi connectivity index (χ1v) is 7.36. The lowest BCUT2D eigenvalue weighted by Gasteiger charge is -2.17. The number of carbonyl (C=O) groups excluding carboxylic acids is 2. The third-order valence-corrected chi connectivity index (χ3v) is 3.49. The maximum atomic E-state index is 13.5. The first-order chi connectivity index (χ1) is 11.0. The minimum atomic E-state index is -0.431. The Morgan fingerprint density at radius 1 is 1.13 bits per heavy atom.